The van der Waals surface area contributed by atoms with E-state index in [1.54, 1.807) is 12.1 Å². The van der Waals surface area contributed by atoms with Crippen molar-refractivity contribution in [3.05, 3.63) is 28.8 Å². The number of amides is 2. The van der Waals surface area contributed by atoms with E-state index in [0.29, 0.717) is 18.1 Å². The number of benzene rings is 1. The maximum atomic E-state index is 12.0. The van der Waals surface area contributed by atoms with Gasteiger partial charge in [-0.2, -0.15) is 0 Å². The standard InChI is InChI=1S/C15H20ClN3O2/c1-10-7-12(3-4-14(10)16)18-15(21)9-19-6-5-13(8-19)17-11(2)20/h3-4,7,13H,5-6,8-9H2,1-2H3,(H,17,20)(H,18,21)/t13-/m0/s1. The van der Waals surface area contributed by atoms with Gasteiger partial charge in [-0.1, -0.05) is 11.6 Å². The van der Waals surface area contributed by atoms with Gasteiger partial charge in [0, 0.05) is 36.8 Å². The lowest BCUT2D eigenvalue weighted by molar-refractivity contribution is -0.119. The van der Waals surface area contributed by atoms with Gasteiger partial charge >= 0.3 is 0 Å². The molecular weight excluding hydrogens is 290 g/mol. The fraction of sp³-hybridized carbons (Fsp3) is 0.467. The first-order valence-corrected chi connectivity index (χ1v) is 7.37. The van der Waals surface area contributed by atoms with E-state index in [1.165, 1.54) is 6.92 Å². The van der Waals surface area contributed by atoms with Crippen molar-refractivity contribution in [1.82, 2.24) is 10.2 Å². The molecule has 2 N–H and O–H groups in total. The van der Waals surface area contributed by atoms with Crippen LogP contribution < -0.4 is 10.6 Å². The van der Waals surface area contributed by atoms with Gasteiger partial charge in [-0.05, 0) is 37.1 Å². The molecule has 1 aromatic rings. The van der Waals surface area contributed by atoms with Crippen LogP contribution in [-0.4, -0.2) is 42.4 Å². The van der Waals surface area contributed by atoms with E-state index in [9.17, 15) is 9.59 Å². The van der Waals surface area contributed by atoms with Crippen molar-refractivity contribution >= 4 is 29.1 Å². The number of anilines is 1. The highest BCUT2D eigenvalue weighted by Crippen LogP contribution is 2.19. The number of nitrogens with one attached hydrogen (secondary N) is 2. The third kappa shape index (κ3) is 4.72. The molecule has 0 spiro atoms. The van der Waals surface area contributed by atoms with E-state index in [0.717, 1.165) is 24.2 Å². The minimum atomic E-state index is -0.0554. The van der Waals surface area contributed by atoms with Gasteiger partial charge in [0.05, 0.1) is 6.54 Å². The van der Waals surface area contributed by atoms with Gasteiger partial charge in [0.1, 0.15) is 0 Å². The van der Waals surface area contributed by atoms with Crippen LogP contribution in [0.4, 0.5) is 5.69 Å². The van der Waals surface area contributed by atoms with Crippen molar-refractivity contribution in [3.8, 4) is 0 Å². The Hall–Kier alpha value is -1.59. The van der Waals surface area contributed by atoms with Crippen molar-refractivity contribution in [2.45, 2.75) is 26.3 Å². The van der Waals surface area contributed by atoms with Gasteiger partial charge in [-0.3, -0.25) is 14.5 Å². The van der Waals surface area contributed by atoms with E-state index in [1.807, 2.05) is 17.9 Å². The van der Waals surface area contributed by atoms with Crippen LogP contribution >= 0.6 is 11.6 Å². The van der Waals surface area contributed by atoms with Gasteiger partial charge in [-0.15, -0.1) is 0 Å². The number of hydrogen-bond acceptors (Lipinski definition) is 3. The molecule has 1 atom stereocenters. The Morgan fingerprint density at radius 3 is 2.86 bits per heavy atom. The summed E-state index contributed by atoms with van der Waals surface area (Å²) in [5.41, 5.74) is 1.68. The molecule has 0 radical (unpaired) electrons. The molecular formula is C15H20ClN3O2. The molecule has 0 unspecified atom stereocenters. The molecule has 0 aromatic heterocycles. The molecule has 2 amide bonds. The van der Waals surface area contributed by atoms with E-state index in [4.69, 9.17) is 11.6 Å². The molecule has 1 heterocycles. The van der Waals surface area contributed by atoms with Crippen molar-refractivity contribution in [2.24, 2.45) is 0 Å². The predicted octanol–water partition coefficient (Wildman–Crippen LogP) is 1.80. The Morgan fingerprint density at radius 2 is 2.19 bits per heavy atom. The smallest absolute Gasteiger partial charge is 0.238 e. The van der Waals surface area contributed by atoms with Crippen LogP contribution in [0.1, 0.15) is 18.9 Å². The molecule has 1 aliphatic heterocycles. The molecule has 1 aliphatic rings. The summed E-state index contributed by atoms with van der Waals surface area (Å²) in [6.07, 6.45) is 0.882. The van der Waals surface area contributed by atoms with Crippen LogP contribution in [0.25, 0.3) is 0 Å². The molecule has 0 bridgehead atoms. The first kappa shape index (κ1) is 15.8. The van der Waals surface area contributed by atoms with Crippen molar-refractivity contribution in [1.29, 1.82) is 0 Å². The van der Waals surface area contributed by atoms with Gasteiger partial charge in [-0.25, -0.2) is 0 Å². The van der Waals surface area contributed by atoms with E-state index >= 15 is 0 Å². The second-order valence-corrected chi connectivity index (χ2v) is 5.84. The lowest BCUT2D eigenvalue weighted by Gasteiger charge is -2.16. The van der Waals surface area contributed by atoms with Crippen LogP contribution in [0.15, 0.2) is 18.2 Å². The average Bonchev–Trinajstić information content (AvgIpc) is 2.80. The van der Waals surface area contributed by atoms with E-state index < -0.39 is 0 Å². The lowest BCUT2D eigenvalue weighted by atomic mass is 10.2. The molecule has 114 valence electrons. The first-order valence-electron chi connectivity index (χ1n) is 6.99. The quantitative estimate of drug-likeness (QED) is 0.891. The summed E-state index contributed by atoms with van der Waals surface area (Å²) in [4.78, 5) is 25.1. The monoisotopic (exact) mass is 309 g/mol. The zero-order valence-electron chi connectivity index (χ0n) is 12.3. The Kier molecular flexibility index (Phi) is 5.20. The molecule has 0 saturated carbocycles. The van der Waals surface area contributed by atoms with Gasteiger partial charge < -0.3 is 10.6 Å². The number of carbonyl (C=O) groups is 2. The molecule has 1 saturated heterocycles. The fourth-order valence-corrected chi connectivity index (χ4v) is 2.63. The number of aryl methyl sites for hydroxylation is 1. The second-order valence-electron chi connectivity index (χ2n) is 5.43. The molecule has 6 heteroatoms. The SMILES string of the molecule is CC(=O)N[C@H]1CCN(CC(=O)Nc2ccc(Cl)c(C)c2)C1. The topological polar surface area (TPSA) is 61.4 Å². The average molecular weight is 310 g/mol. The van der Waals surface area contributed by atoms with Gasteiger partial charge in [0.2, 0.25) is 11.8 Å². The van der Waals surface area contributed by atoms with Crippen LogP contribution in [0.5, 0.6) is 0 Å². The van der Waals surface area contributed by atoms with Crippen LogP contribution in [0.3, 0.4) is 0 Å². The van der Waals surface area contributed by atoms with Crippen LogP contribution in [0.2, 0.25) is 5.02 Å². The first-order chi connectivity index (χ1) is 9.94. The zero-order chi connectivity index (χ0) is 15.4. The minimum absolute atomic E-state index is 0.0251. The number of nitrogens with zero attached hydrogens (tertiary/aromatic N) is 1. The summed E-state index contributed by atoms with van der Waals surface area (Å²) in [7, 11) is 0. The largest absolute Gasteiger partial charge is 0.352 e. The van der Waals surface area contributed by atoms with Crippen molar-refractivity contribution in [2.75, 3.05) is 25.0 Å². The summed E-state index contributed by atoms with van der Waals surface area (Å²) in [6, 6.07) is 5.56. The maximum Gasteiger partial charge on any atom is 0.238 e. The lowest BCUT2D eigenvalue weighted by Crippen LogP contribution is -2.37. The van der Waals surface area contributed by atoms with Crippen LogP contribution in [0, 0.1) is 6.92 Å². The molecule has 0 aliphatic carbocycles. The molecule has 21 heavy (non-hydrogen) atoms. The number of hydrogen-bond donors (Lipinski definition) is 2. The Bertz CT molecular complexity index is 548. The van der Waals surface area contributed by atoms with Crippen molar-refractivity contribution in [3.63, 3.8) is 0 Å². The van der Waals surface area contributed by atoms with Crippen LogP contribution in [-0.2, 0) is 9.59 Å². The third-order valence-electron chi connectivity index (χ3n) is 3.49. The molecule has 5 nitrogen and oxygen atoms in total. The highest BCUT2D eigenvalue weighted by atomic mass is 35.5. The van der Waals surface area contributed by atoms with E-state index in [-0.39, 0.29) is 17.9 Å². The van der Waals surface area contributed by atoms with Gasteiger partial charge in [0.15, 0.2) is 0 Å². The summed E-state index contributed by atoms with van der Waals surface area (Å²) in [6.45, 7) is 5.27. The number of rotatable bonds is 4. The molecule has 2 rings (SSSR count). The summed E-state index contributed by atoms with van der Waals surface area (Å²) in [5.74, 6) is -0.0804. The minimum Gasteiger partial charge on any atom is -0.352 e. The fourth-order valence-electron chi connectivity index (χ4n) is 2.51. The highest BCUT2D eigenvalue weighted by Gasteiger charge is 2.24. The summed E-state index contributed by atoms with van der Waals surface area (Å²) >= 11 is 5.96. The van der Waals surface area contributed by atoms with Gasteiger partial charge in [0.25, 0.3) is 0 Å². The maximum absolute atomic E-state index is 12.0. The molecule has 1 fully saturated rings. The highest BCUT2D eigenvalue weighted by molar-refractivity contribution is 6.31. The summed E-state index contributed by atoms with van der Waals surface area (Å²) in [5, 5.41) is 6.43. The predicted molar refractivity (Wildman–Crippen MR) is 83.5 cm³/mol. The Balaban J connectivity index is 1.82. The Morgan fingerprint density at radius 1 is 1.43 bits per heavy atom. The number of carbonyl (C=O) groups excluding carboxylic acids is 2. The summed E-state index contributed by atoms with van der Waals surface area (Å²) < 4.78 is 0. The number of likely N-dealkylation sites (tertiary alicyclic amines) is 1. The Labute approximate surface area is 129 Å². The van der Waals surface area contributed by atoms with Crippen molar-refractivity contribution < 1.29 is 9.59 Å². The molecule has 1 aromatic carbocycles. The second kappa shape index (κ2) is 6.91. The normalized spacial score (nSPS) is 18.5. The zero-order valence-corrected chi connectivity index (χ0v) is 13.0. The van der Waals surface area contributed by atoms with E-state index in [2.05, 4.69) is 10.6 Å². The number of halogens is 1. The third-order valence-corrected chi connectivity index (χ3v) is 3.91.